The number of allylic oxidation sites excluding steroid dienone is 2. The number of hydrogen-bond donors (Lipinski definition) is 1. The molecule has 5 nitrogen and oxygen atoms in total. The minimum Gasteiger partial charge on any atom is -0.540 e. The van der Waals surface area contributed by atoms with E-state index in [1.165, 1.54) is 19.9 Å². The molecule has 138 valence electrons. The van der Waals surface area contributed by atoms with E-state index in [0.717, 1.165) is 22.7 Å². The van der Waals surface area contributed by atoms with Crippen LogP contribution in [0, 0.1) is 6.07 Å². The zero-order valence-electron chi connectivity index (χ0n) is 15.0. The molecule has 0 aliphatic carbocycles. The molecule has 6 heteroatoms. The molecule has 1 aromatic heterocycles. The normalized spacial score (nSPS) is 10.0. The van der Waals surface area contributed by atoms with Gasteiger partial charge in [-0.15, -0.1) is 24.3 Å². The summed E-state index contributed by atoms with van der Waals surface area (Å²) in [6.45, 7) is 2.85. The van der Waals surface area contributed by atoms with E-state index in [0.29, 0.717) is 0 Å². The Kier molecular flexibility index (Phi) is 10.5. The fourth-order valence-electron chi connectivity index (χ4n) is 1.92. The third-order valence-electron chi connectivity index (χ3n) is 2.97. The maximum Gasteiger partial charge on any atom is 0.155 e. The fourth-order valence-corrected chi connectivity index (χ4v) is 1.92. The zero-order chi connectivity index (χ0) is 18.1. The molecule has 1 heterocycles. The van der Waals surface area contributed by atoms with Crippen LogP contribution in [-0.4, -0.2) is 37.1 Å². The number of ketones is 1. The number of ether oxygens (including phenoxy) is 1. The molecular formula is C19H23N2O3Pt-. The SMILES string of the molecule is CC(=O)/C=C(/C)O.COc1ccc[c-]c1-c1cc(N(C)C)ccn1.[Pt]. The maximum atomic E-state index is 10.0. The van der Waals surface area contributed by atoms with Gasteiger partial charge >= 0.3 is 0 Å². The van der Waals surface area contributed by atoms with E-state index in [9.17, 15) is 4.79 Å². The quantitative estimate of drug-likeness (QED) is 0.378. The molecule has 0 bridgehead atoms. The number of nitrogens with zero attached hydrogens (tertiary/aromatic N) is 2. The van der Waals surface area contributed by atoms with Crippen molar-refractivity contribution in [2.45, 2.75) is 13.8 Å². The first-order valence-corrected chi connectivity index (χ1v) is 7.41. The molecule has 0 unspecified atom stereocenters. The van der Waals surface area contributed by atoms with E-state index < -0.39 is 0 Å². The summed E-state index contributed by atoms with van der Waals surface area (Å²) in [5, 5.41) is 8.36. The largest absolute Gasteiger partial charge is 0.540 e. The van der Waals surface area contributed by atoms with Crippen LogP contribution in [0.3, 0.4) is 0 Å². The third kappa shape index (κ3) is 7.99. The van der Waals surface area contributed by atoms with Crippen molar-refractivity contribution < 1.29 is 35.7 Å². The van der Waals surface area contributed by atoms with E-state index in [2.05, 4.69) is 11.1 Å². The van der Waals surface area contributed by atoms with E-state index in [1.807, 2.05) is 49.3 Å². The number of hydrogen-bond acceptors (Lipinski definition) is 5. The number of benzene rings is 1. The smallest absolute Gasteiger partial charge is 0.155 e. The van der Waals surface area contributed by atoms with Gasteiger partial charge in [-0.2, -0.15) is 0 Å². The first-order chi connectivity index (χ1) is 11.3. The van der Waals surface area contributed by atoms with Crippen LogP contribution >= 0.6 is 0 Å². The third-order valence-corrected chi connectivity index (χ3v) is 2.97. The Labute approximate surface area is 163 Å². The minimum absolute atomic E-state index is 0. The number of carbonyl (C=O) groups excluding carboxylic acids is 1. The van der Waals surface area contributed by atoms with E-state index >= 15 is 0 Å². The number of pyridine rings is 1. The molecule has 0 saturated carbocycles. The second-order valence-electron chi connectivity index (χ2n) is 5.30. The van der Waals surface area contributed by atoms with Crippen molar-refractivity contribution in [2.24, 2.45) is 0 Å². The van der Waals surface area contributed by atoms with Gasteiger partial charge in [-0.1, -0.05) is 11.6 Å². The molecule has 0 amide bonds. The summed E-state index contributed by atoms with van der Waals surface area (Å²) in [5.41, 5.74) is 2.86. The molecule has 0 aliphatic heterocycles. The molecule has 25 heavy (non-hydrogen) atoms. The van der Waals surface area contributed by atoms with Crippen LogP contribution in [0.2, 0.25) is 0 Å². The molecule has 2 rings (SSSR count). The molecule has 0 saturated heterocycles. The van der Waals surface area contributed by atoms with Crippen molar-refractivity contribution in [3.8, 4) is 17.0 Å². The second-order valence-corrected chi connectivity index (χ2v) is 5.30. The van der Waals surface area contributed by atoms with Crippen LogP contribution in [0.25, 0.3) is 11.3 Å². The Hall–Kier alpha value is -2.13. The van der Waals surface area contributed by atoms with Crippen LogP contribution in [0.5, 0.6) is 5.75 Å². The van der Waals surface area contributed by atoms with Gasteiger partial charge in [-0.25, -0.2) is 0 Å². The van der Waals surface area contributed by atoms with Crippen molar-refractivity contribution in [3.63, 3.8) is 0 Å². The van der Waals surface area contributed by atoms with Gasteiger partial charge in [0.25, 0.3) is 0 Å². The van der Waals surface area contributed by atoms with Crippen molar-refractivity contribution in [1.82, 2.24) is 4.98 Å². The summed E-state index contributed by atoms with van der Waals surface area (Å²) in [4.78, 5) is 16.4. The van der Waals surface area contributed by atoms with Gasteiger partial charge in [0.05, 0.1) is 12.9 Å². The topological polar surface area (TPSA) is 62.7 Å². The van der Waals surface area contributed by atoms with Gasteiger partial charge in [0.15, 0.2) is 5.78 Å². The predicted octanol–water partition coefficient (Wildman–Crippen LogP) is 3.66. The van der Waals surface area contributed by atoms with Crippen molar-refractivity contribution in [3.05, 3.63) is 54.4 Å². The van der Waals surface area contributed by atoms with Gasteiger partial charge in [-0.05, 0) is 25.6 Å². The van der Waals surface area contributed by atoms with Gasteiger partial charge < -0.3 is 19.7 Å². The Bertz CT molecular complexity index is 711. The Morgan fingerprint density at radius 1 is 1.32 bits per heavy atom. The zero-order valence-corrected chi connectivity index (χ0v) is 17.3. The average Bonchev–Trinajstić information content (AvgIpc) is 2.54. The van der Waals surface area contributed by atoms with Gasteiger partial charge in [0, 0.05) is 58.9 Å². The number of anilines is 1. The van der Waals surface area contributed by atoms with Crippen LogP contribution in [0.4, 0.5) is 5.69 Å². The average molecular weight is 522 g/mol. The van der Waals surface area contributed by atoms with Gasteiger partial charge in [0.1, 0.15) is 0 Å². The summed E-state index contributed by atoms with van der Waals surface area (Å²) in [7, 11) is 5.67. The van der Waals surface area contributed by atoms with Crippen LogP contribution in [0.1, 0.15) is 13.8 Å². The monoisotopic (exact) mass is 522 g/mol. The molecule has 0 radical (unpaired) electrons. The molecule has 1 aromatic carbocycles. The minimum atomic E-state index is -0.125. The summed E-state index contributed by atoms with van der Waals surface area (Å²) >= 11 is 0. The number of carbonyl (C=O) groups is 1. The predicted molar refractivity (Wildman–Crippen MR) is 96.5 cm³/mol. The van der Waals surface area contributed by atoms with Crippen LogP contribution in [-0.2, 0) is 25.9 Å². The standard InChI is InChI=1S/C14H15N2O.C5H8O2.Pt/c1-16(2)11-8-9-15-13(10-11)12-6-4-5-7-14(12)17-3;1-4(6)3-5(2)7;/h4-5,7-10H,1-3H3;3,6H,1-2H3;/q-1;;/b;4-3-;. The molecule has 1 N–H and O–H groups in total. The van der Waals surface area contributed by atoms with Crippen molar-refractivity contribution in [1.29, 1.82) is 0 Å². The summed E-state index contributed by atoms with van der Waals surface area (Å²) in [6, 6.07) is 12.8. The van der Waals surface area contributed by atoms with E-state index in [1.54, 1.807) is 13.3 Å². The Morgan fingerprint density at radius 2 is 2.00 bits per heavy atom. The van der Waals surface area contributed by atoms with Crippen molar-refractivity contribution >= 4 is 11.5 Å². The summed E-state index contributed by atoms with van der Waals surface area (Å²) in [5.74, 6) is 0.725. The Morgan fingerprint density at radius 3 is 2.48 bits per heavy atom. The first kappa shape index (κ1) is 22.9. The molecular weight excluding hydrogens is 499 g/mol. The fraction of sp³-hybridized carbons (Fsp3) is 0.263. The molecule has 2 aromatic rings. The number of aromatic nitrogens is 1. The number of aliphatic hydroxyl groups is 1. The number of aliphatic hydroxyl groups excluding tert-OH is 1. The van der Waals surface area contributed by atoms with E-state index in [4.69, 9.17) is 9.84 Å². The Balaban J connectivity index is 0.000000620. The number of methoxy groups -OCH3 is 1. The van der Waals surface area contributed by atoms with Gasteiger partial charge in [-0.3, -0.25) is 4.79 Å². The van der Waals surface area contributed by atoms with Gasteiger partial charge in [0.2, 0.25) is 0 Å². The van der Waals surface area contributed by atoms with Crippen LogP contribution < -0.4 is 9.64 Å². The molecule has 0 atom stereocenters. The first-order valence-electron chi connectivity index (χ1n) is 7.41. The molecule has 0 fully saturated rings. The molecule has 0 spiro atoms. The summed E-state index contributed by atoms with van der Waals surface area (Å²) < 4.78 is 5.32. The maximum absolute atomic E-state index is 10.0. The van der Waals surface area contributed by atoms with Crippen molar-refractivity contribution in [2.75, 3.05) is 26.1 Å². The number of rotatable bonds is 4. The van der Waals surface area contributed by atoms with Crippen LogP contribution in [0.15, 0.2) is 48.4 Å². The van der Waals surface area contributed by atoms with E-state index in [-0.39, 0.29) is 32.6 Å². The molecule has 0 aliphatic rings. The second kappa shape index (κ2) is 11.4. The summed E-state index contributed by atoms with van der Waals surface area (Å²) in [6.07, 6.45) is 2.96.